The Hall–Kier alpha value is 0.167. The normalized spacial score (nSPS) is 13.9. The molecule has 0 spiro atoms. The van der Waals surface area contributed by atoms with Gasteiger partial charge in [-0.15, -0.1) is 11.6 Å². The number of hydrogen-bond acceptors (Lipinski definition) is 2. The number of ketones is 1. The molecule has 0 saturated carbocycles. The standard InChI is InChI=1S/C12H22Cl2O2Si/c1-12(2,3)17(4,5)16-7-6-10(14)8-11(15)9-13/h8H,6-7,9H2,1-5H3/b10-8+. The maximum absolute atomic E-state index is 11.0. The molecule has 0 heterocycles. The second-order valence-electron chi connectivity index (χ2n) is 5.55. The molecule has 0 amide bonds. The molecule has 0 aromatic carbocycles. The van der Waals surface area contributed by atoms with Crippen LogP contribution in [0.25, 0.3) is 0 Å². The molecular weight excluding hydrogens is 275 g/mol. The molecule has 5 heteroatoms. The lowest BCUT2D eigenvalue weighted by molar-refractivity contribution is -0.112. The minimum atomic E-state index is -1.72. The van der Waals surface area contributed by atoms with Gasteiger partial charge in [-0.25, -0.2) is 0 Å². The Kier molecular flexibility index (Phi) is 7.00. The van der Waals surface area contributed by atoms with E-state index in [-0.39, 0.29) is 16.7 Å². The first-order valence-electron chi connectivity index (χ1n) is 5.69. The highest BCUT2D eigenvalue weighted by Gasteiger charge is 2.36. The molecule has 0 aliphatic carbocycles. The molecule has 0 aliphatic rings. The SMILES string of the molecule is CC(C)(C)[Si](C)(C)OCC/C(Cl)=C\C(=O)CCl. The maximum atomic E-state index is 11.0. The van der Waals surface area contributed by atoms with Crippen LogP contribution in [0.1, 0.15) is 27.2 Å². The Balaban J connectivity index is 4.17. The molecule has 100 valence electrons. The van der Waals surface area contributed by atoms with Crippen LogP contribution in [0.2, 0.25) is 18.1 Å². The Morgan fingerprint density at radius 3 is 2.29 bits per heavy atom. The van der Waals surface area contributed by atoms with Crippen LogP contribution in [-0.2, 0) is 9.22 Å². The van der Waals surface area contributed by atoms with Crippen LogP contribution in [-0.4, -0.2) is 26.6 Å². The highest BCUT2D eigenvalue weighted by Crippen LogP contribution is 2.36. The first-order valence-corrected chi connectivity index (χ1v) is 9.51. The van der Waals surface area contributed by atoms with Gasteiger partial charge in [0.15, 0.2) is 14.1 Å². The molecule has 0 aromatic rings. The van der Waals surface area contributed by atoms with Gasteiger partial charge in [-0.2, -0.15) is 0 Å². The summed E-state index contributed by atoms with van der Waals surface area (Å²) in [5.74, 6) is -0.191. The zero-order valence-electron chi connectivity index (χ0n) is 11.3. The summed E-state index contributed by atoms with van der Waals surface area (Å²) >= 11 is 11.3. The van der Waals surface area contributed by atoms with Gasteiger partial charge in [0.05, 0.1) is 5.88 Å². The maximum Gasteiger partial charge on any atom is 0.191 e. The molecule has 0 unspecified atom stereocenters. The Labute approximate surface area is 115 Å². The van der Waals surface area contributed by atoms with E-state index in [1.165, 1.54) is 6.08 Å². The van der Waals surface area contributed by atoms with Crippen molar-refractivity contribution >= 4 is 37.3 Å². The Morgan fingerprint density at radius 2 is 1.88 bits per heavy atom. The van der Waals surface area contributed by atoms with Gasteiger partial charge in [0.25, 0.3) is 0 Å². The van der Waals surface area contributed by atoms with E-state index in [2.05, 4.69) is 33.9 Å². The summed E-state index contributed by atoms with van der Waals surface area (Å²) < 4.78 is 5.95. The van der Waals surface area contributed by atoms with E-state index in [0.717, 1.165) is 0 Å². The molecule has 0 aliphatic heterocycles. The topological polar surface area (TPSA) is 26.3 Å². The van der Waals surface area contributed by atoms with Crippen molar-refractivity contribution in [1.82, 2.24) is 0 Å². The molecule has 17 heavy (non-hydrogen) atoms. The average molecular weight is 297 g/mol. The highest BCUT2D eigenvalue weighted by molar-refractivity contribution is 6.74. The molecule has 0 aromatic heterocycles. The molecule has 0 N–H and O–H groups in total. The second-order valence-corrected chi connectivity index (χ2v) is 11.1. The zero-order chi connectivity index (χ0) is 13.7. The summed E-state index contributed by atoms with van der Waals surface area (Å²) in [6.07, 6.45) is 1.94. The van der Waals surface area contributed by atoms with Crippen molar-refractivity contribution in [1.29, 1.82) is 0 Å². The summed E-state index contributed by atoms with van der Waals surface area (Å²) in [6, 6.07) is 0. The fourth-order valence-corrected chi connectivity index (χ4v) is 2.23. The lowest BCUT2D eigenvalue weighted by atomic mass is 10.2. The van der Waals surface area contributed by atoms with Gasteiger partial charge in [0.2, 0.25) is 0 Å². The molecule has 2 nitrogen and oxygen atoms in total. The van der Waals surface area contributed by atoms with Gasteiger partial charge in [0, 0.05) is 18.1 Å². The van der Waals surface area contributed by atoms with Gasteiger partial charge in [-0.3, -0.25) is 4.79 Å². The van der Waals surface area contributed by atoms with Crippen LogP contribution in [0.15, 0.2) is 11.1 Å². The Bertz CT molecular complexity index is 293. The van der Waals surface area contributed by atoms with E-state index in [1.54, 1.807) is 0 Å². The molecular formula is C12H22Cl2O2Si. The van der Waals surface area contributed by atoms with Gasteiger partial charge in [-0.05, 0) is 24.2 Å². The van der Waals surface area contributed by atoms with Crippen molar-refractivity contribution in [3.05, 3.63) is 11.1 Å². The molecule has 0 saturated heterocycles. The summed E-state index contributed by atoms with van der Waals surface area (Å²) in [5.41, 5.74) is 0. The summed E-state index contributed by atoms with van der Waals surface area (Å²) in [5, 5.41) is 0.698. The molecule has 0 bridgehead atoms. The number of rotatable bonds is 6. The third-order valence-corrected chi connectivity index (χ3v) is 8.16. The minimum absolute atomic E-state index is 0.0285. The van der Waals surface area contributed by atoms with Crippen LogP contribution in [0, 0.1) is 0 Å². The minimum Gasteiger partial charge on any atom is -0.416 e. The first kappa shape index (κ1) is 17.2. The summed E-state index contributed by atoms with van der Waals surface area (Å²) in [7, 11) is -1.72. The highest BCUT2D eigenvalue weighted by atomic mass is 35.5. The van der Waals surface area contributed by atoms with Crippen LogP contribution in [0.3, 0.4) is 0 Å². The van der Waals surface area contributed by atoms with E-state index in [9.17, 15) is 4.79 Å². The lowest BCUT2D eigenvalue weighted by Crippen LogP contribution is -2.40. The van der Waals surface area contributed by atoms with Crippen molar-refractivity contribution in [2.75, 3.05) is 12.5 Å². The van der Waals surface area contributed by atoms with Crippen LogP contribution in [0.4, 0.5) is 0 Å². The van der Waals surface area contributed by atoms with Crippen molar-refractivity contribution in [3.8, 4) is 0 Å². The van der Waals surface area contributed by atoms with Gasteiger partial charge in [-0.1, -0.05) is 32.4 Å². The monoisotopic (exact) mass is 296 g/mol. The van der Waals surface area contributed by atoms with Crippen LogP contribution in [0.5, 0.6) is 0 Å². The van der Waals surface area contributed by atoms with Gasteiger partial charge < -0.3 is 4.43 Å². The van der Waals surface area contributed by atoms with Crippen molar-refractivity contribution in [3.63, 3.8) is 0 Å². The first-order chi connectivity index (χ1) is 7.60. The third kappa shape index (κ3) is 6.60. The van der Waals surface area contributed by atoms with Crippen molar-refractivity contribution in [2.45, 2.75) is 45.3 Å². The number of halogens is 2. The van der Waals surface area contributed by atoms with E-state index >= 15 is 0 Å². The molecule has 0 fully saturated rings. The smallest absolute Gasteiger partial charge is 0.191 e. The third-order valence-electron chi connectivity index (χ3n) is 3.06. The Morgan fingerprint density at radius 1 is 1.35 bits per heavy atom. The van der Waals surface area contributed by atoms with Crippen molar-refractivity contribution < 1.29 is 9.22 Å². The number of hydrogen-bond donors (Lipinski definition) is 0. The fraction of sp³-hybridized carbons (Fsp3) is 0.750. The quantitative estimate of drug-likeness (QED) is 0.414. The molecule has 0 rings (SSSR count). The van der Waals surface area contributed by atoms with E-state index in [4.69, 9.17) is 27.6 Å². The zero-order valence-corrected chi connectivity index (χ0v) is 13.8. The van der Waals surface area contributed by atoms with E-state index in [1.807, 2.05) is 0 Å². The van der Waals surface area contributed by atoms with Crippen molar-refractivity contribution in [2.24, 2.45) is 0 Å². The van der Waals surface area contributed by atoms with E-state index < -0.39 is 8.32 Å². The lowest BCUT2D eigenvalue weighted by Gasteiger charge is -2.36. The number of alkyl halides is 1. The van der Waals surface area contributed by atoms with E-state index in [0.29, 0.717) is 18.1 Å². The molecule has 0 atom stereocenters. The molecule has 0 radical (unpaired) electrons. The average Bonchev–Trinajstić information content (AvgIpc) is 2.15. The van der Waals surface area contributed by atoms with Gasteiger partial charge >= 0.3 is 0 Å². The predicted octanol–water partition coefficient (Wildman–Crippen LogP) is 4.33. The number of carbonyl (C=O) groups is 1. The predicted molar refractivity (Wildman–Crippen MR) is 77.4 cm³/mol. The summed E-state index contributed by atoms with van der Waals surface area (Å²) in [6.45, 7) is 11.5. The number of allylic oxidation sites excluding steroid dienone is 1. The van der Waals surface area contributed by atoms with Crippen LogP contribution >= 0.6 is 23.2 Å². The fourth-order valence-electron chi connectivity index (χ4n) is 0.906. The van der Waals surface area contributed by atoms with Gasteiger partial charge in [0.1, 0.15) is 0 Å². The largest absolute Gasteiger partial charge is 0.416 e. The second kappa shape index (κ2) is 6.93. The number of carbonyl (C=O) groups excluding carboxylic acids is 1. The summed E-state index contributed by atoms with van der Waals surface area (Å²) in [4.78, 5) is 11.0. The van der Waals surface area contributed by atoms with Crippen LogP contribution < -0.4 is 0 Å².